The van der Waals surface area contributed by atoms with E-state index in [1.165, 1.54) is 12.8 Å². The molecule has 0 spiro atoms. The van der Waals surface area contributed by atoms with Gasteiger partial charge in [0, 0.05) is 25.8 Å². The van der Waals surface area contributed by atoms with Crippen molar-refractivity contribution in [3.63, 3.8) is 0 Å². The van der Waals surface area contributed by atoms with Crippen molar-refractivity contribution >= 4 is 5.96 Å². The first-order valence-electron chi connectivity index (χ1n) is 9.36. The fraction of sp³-hybridized carbons (Fsp3) is 0.650. The van der Waals surface area contributed by atoms with E-state index < -0.39 is 0 Å². The standard InChI is InChI=1S/C20H33N3O2/c1-5-21-19(23-15-20(2,3)24-4)22-14-16-10-6-9-13-18(16)25-17-11-7-8-12-17/h6,9-10,13,17H,5,7-8,11-12,14-15H2,1-4H3,(H2,21,22,23). The van der Waals surface area contributed by atoms with Gasteiger partial charge in [-0.2, -0.15) is 0 Å². The van der Waals surface area contributed by atoms with Gasteiger partial charge in [0.15, 0.2) is 5.96 Å². The Bertz CT molecular complexity index is 552. The van der Waals surface area contributed by atoms with Gasteiger partial charge in [-0.1, -0.05) is 18.2 Å². The van der Waals surface area contributed by atoms with Gasteiger partial charge in [0.05, 0.1) is 18.2 Å². The van der Waals surface area contributed by atoms with E-state index in [-0.39, 0.29) is 5.60 Å². The van der Waals surface area contributed by atoms with Crippen molar-refractivity contribution in [2.45, 2.75) is 64.7 Å². The average molecular weight is 348 g/mol. The van der Waals surface area contributed by atoms with Gasteiger partial charge in [-0.05, 0) is 52.5 Å². The van der Waals surface area contributed by atoms with Crippen LogP contribution in [0.1, 0.15) is 52.0 Å². The van der Waals surface area contributed by atoms with Gasteiger partial charge in [0.1, 0.15) is 5.75 Å². The average Bonchev–Trinajstić information content (AvgIpc) is 3.11. The van der Waals surface area contributed by atoms with Crippen LogP contribution in [0.15, 0.2) is 29.3 Å². The van der Waals surface area contributed by atoms with Gasteiger partial charge in [-0.25, -0.2) is 4.99 Å². The Labute approximate surface area is 152 Å². The van der Waals surface area contributed by atoms with E-state index in [0.29, 0.717) is 19.2 Å². The van der Waals surface area contributed by atoms with Crippen molar-refractivity contribution in [1.29, 1.82) is 0 Å². The molecule has 0 unspecified atom stereocenters. The Morgan fingerprint density at radius 1 is 1.20 bits per heavy atom. The highest BCUT2D eigenvalue weighted by Gasteiger charge is 2.18. The van der Waals surface area contributed by atoms with E-state index >= 15 is 0 Å². The molecule has 1 fully saturated rings. The largest absolute Gasteiger partial charge is 0.490 e. The second kappa shape index (κ2) is 9.66. The molecule has 5 nitrogen and oxygen atoms in total. The second-order valence-corrected chi connectivity index (χ2v) is 7.14. The third kappa shape index (κ3) is 6.58. The molecule has 1 aromatic rings. The Hall–Kier alpha value is -1.75. The monoisotopic (exact) mass is 347 g/mol. The lowest BCUT2D eigenvalue weighted by molar-refractivity contribution is 0.0268. The fourth-order valence-electron chi connectivity index (χ4n) is 2.81. The molecular formula is C20H33N3O2. The molecule has 0 radical (unpaired) electrons. The predicted octanol–water partition coefficient (Wildman–Crippen LogP) is 3.49. The molecule has 25 heavy (non-hydrogen) atoms. The lowest BCUT2D eigenvalue weighted by atomic mass is 10.1. The molecular weight excluding hydrogens is 314 g/mol. The summed E-state index contributed by atoms with van der Waals surface area (Å²) in [6, 6.07) is 8.22. The molecule has 140 valence electrons. The van der Waals surface area contributed by atoms with Gasteiger partial charge >= 0.3 is 0 Å². The Morgan fingerprint density at radius 2 is 1.92 bits per heavy atom. The first-order chi connectivity index (χ1) is 12.0. The SMILES string of the molecule is CCNC(=NCc1ccccc1OC1CCCC1)NCC(C)(C)OC. The van der Waals surface area contributed by atoms with Crippen LogP contribution in [0.3, 0.4) is 0 Å². The van der Waals surface area contributed by atoms with Crippen LogP contribution in [0.25, 0.3) is 0 Å². The Balaban J connectivity index is 2.01. The summed E-state index contributed by atoms with van der Waals surface area (Å²) >= 11 is 0. The highest BCUT2D eigenvalue weighted by molar-refractivity contribution is 5.79. The zero-order valence-electron chi connectivity index (χ0n) is 16.1. The molecule has 0 atom stereocenters. The highest BCUT2D eigenvalue weighted by atomic mass is 16.5. The van der Waals surface area contributed by atoms with E-state index in [1.54, 1.807) is 7.11 Å². The minimum absolute atomic E-state index is 0.236. The summed E-state index contributed by atoms with van der Waals surface area (Å²) in [6.45, 7) is 8.26. The predicted molar refractivity (Wildman–Crippen MR) is 103 cm³/mol. The maximum Gasteiger partial charge on any atom is 0.191 e. The number of rotatable bonds is 8. The van der Waals surface area contributed by atoms with Crippen molar-refractivity contribution in [3.05, 3.63) is 29.8 Å². The molecule has 0 aliphatic heterocycles. The van der Waals surface area contributed by atoms with E-state index in [2.05, 4.69) is 29.7 Å². The second-order valence-electron chi connectivity index (χ2n) is 7.14. The van der Waals surface area contributed by atoms with Gasteiger partial charge in [0.25, 0.3) is 0 Å². The normalized spacial score (nSPS) is 16.1. The minimum Gasteiger partial charge on any atom is -0.490 e. The van der Waals surface area contributed by atoms with Gasteiger partial charge in [-0.3, -0.25) is 0 Å². The van der Waals surface area contributed by atoms with E-state index in [1.807, 2.05) is 26.0 Å². The molecule has 1 aliphatic carbocycles. The summed E-state index contributed by atoms with van der Waals surface area (Å²) in [7, 11) is 1.72. The Morgan fingerprint density at radius 3 is 2.60 bits per heavy atom. The van der Waals surface area contributed by atoms with Crippen molar-refractivity contribution < 1.29 is 9.47 Å². The first kappa shape index (κ1) is 19.6. The molecule has 0 amide bonds. The van der Waals surface area contributed by atoms with Crippen molar-refractivity contribution in [1.82, 2.24) is 10.6 Å². The van der Waals surface area contributed by atoms with Crippen LogP contribution in [-0.4, -0.2) is 37.9 Å². The number of aliphatic imine (C=N–C) groups is 1. The van der Waals surface area contributed by atoms with Crippen molar-refractivity contribution in [2.75, 3.05) is 20.2 Å². The fourth-order valence-corrected chi connectivity index (χ4v) is 2.81. The summed E-state index contributed by atoms with van der Waals surface area (Å²) in [5.74, 6) is 1.76. The lowest BCUT2D eigenvalue weighted by Crippen LogP contribution is -2.45. The maximum absolute atomic E-state index is 6.20. The molecule has 1 aromatic carbocycles. The highest BCUT2D eigenvalue weighted by Crippen LogP contribution is 2.27. The van der Waals surface area contributed by atoms with Crippen molar-refractivity contribution in [3.8, 4) is 5.75 Å². The molecule has 0 bridgehead atoms. The maximum atomic E-state index is 6.20. The molecule has 0 saturated heterocycles. The third-order valence-corrected chi connectivity index (χ3v) is 4.55. The van der Waals surface area contributed by atoms with Crippen LogP contribution in [0.5, 0.6) is 5.75 Å². The number of para-hydroxylation sites is 1. The zero-order valence-corrected chi connectivity index (χ0v) is 16.1. The number of nitrogens with one attached hydrogen (secondary N) is 2. The number of methoxy groups -OCH3 is 1. The number of nitrogens with zero attached hydrogens (tertiary/aromatic N) is 1. The molecule has 2 N–H and O–H groups in total. The zero-order chi connectivity index (χ0) is 18.1. The molecule has 0 aromatic heterocycles. The summed E-state index contributed by atoms with van der Waals surface area (Å²) < 4.78 is 11.7. The van der Waals surface area contributed by atoms with Gasteiger partial charge < -0.3 is 20.1 Å². The molecule has 1 saturated carbocycles. The van der Waals surface area contributed by atoms with Crippen molar-refractivity contribution in [2.24, 2.45) is 4.99 Å². The van der Waals surface area contributed by atoms with Crippen LogP contribution in [0.2, 0.25) is 0 Å². The molecule has 0 heterocycles. The minimum atomic E-state index is -0.236. The number of ether oxygens (including phenoxy) is 2. The molecule has 5 heteroatoms. The van der Waals surface area contributed by atoms with E-state index in [4.69, 9.17) is 14.5 Å². The van der Waals surface area contributed by atoms with Gasteiger partial charge in [0.2, 0.25) is 0 Å². The summed E-state index contributed by atoms with van der Waals surface area (Å²) in [5, 5.41) is 6.63. The Kier molecular flexibility index (Phi) is 7.56. The molecule has 2 rings (SSSR count). The van der Waals surface area contributed by atoms with E-state index in [0.717, 1.165) is 36.7 Å². The van der Waals surface area contributed by atoms with Crippen LogP contribution in [0.4, 0.5) is 0 Å². The van der Waals surface area contributed by atoms with Crippen LogP contribution < -0.4 is 15.4 Å². The number of hydrogen-bond donors (Lipinski definition) is 2. The quantitative estimate of drug-likeness (QED) is 0.558. The number of guanidine groups is 1. The topological polar surface area (TPSA) is 54.9 Å². The van der Waals surface area contributed by atoms with Crippen LogP contribution in [-0.2, 0) is 11.3 Å². The first-order valence-corrected chi connectivity index (χ1v) is 9.36. The number of benzene rings is 1. The van der Waals surface area contributed by atoms with Crippen LogP contribution in [0, 0.1) is 0 Å². The third-order valence-electron chi connectivity index (χ3n) is 4.55. The van der Waals surface area contributed by atoms with E-state index in [9.17, 15) is 0 Å². The smallest absolute Gasteiger partial charge is 0.191 e. The summed E-state index contributed by atoms with van der Waals surface area (Å²) in [5.41, 5.74) is 0.886. The van der Waals surface area contributed by atoms with Gasteiger partial charge in [-0.15, -0.1) is 0 Å². The van der Waals surface area contributed by atoms with Crippen LogP contribution >= 0.6 is 0 Å². The molecule has 1 aliphatic rings. The lowest BCUT2D eigenvalue weighted by Gasteiger charge is -2.24. The summed E-state index contributed by atoms with van der Waals surface area (Å²) in [4.78, 5) is 4.72. The summed E-state index contributed by atoms with van der Waals surface area (Å²) in [6.07, 6.45) is 5.23. The number of hydrogen-bond acceptors (Lipinski definition) is 3.